The first-order chi connectivity index (χ1) is 14.5. The zero-order valence-electron chi connectivity index (χ0n) is 16.4. The van der Waals surface area contributed by atoms with Crippen molar-refractivity contribution < 1.29 is 26.4 Å². The molecule has 1 spiro atoms. The van der Waals surface area contributed by atoms with E-state index in [2.05, 4.69) is 10.3 Å². The molecule has 0 radical (unpaired) electrons. The lowest BCUT2D eigenvalue weighted by Crippen LogP contribution is -2.38. The lowest BCUT2D eigenvalue weighted by Gasteiger charge is -2.34. The summed E-state index contributed by atoms with van der Waals surface area (Å²) >= 11 is 0. The highest BCUT2D eigenvalue weighted by Gasteiger charge is 2.46. The van der Waals surface area contributed by atoms with Crippen molar-refractivity contribution >= 4 is 27.4 Å². The number of aromatic nitrogens is 1. The minimum absolute atomic E-state index is 0.0946. The van der Waals surface area contributed by atoms with E-state index in [-0.39, 0.29) is 27.4 Å². The lowest BCUT2D eigenvalue weighted by atomic mass is 9.94. The Bertz CT molecular complexity index is 1130. The summed E-state index contributed by atoms with van der Waals surface area (Å²) in [5, 5.41) is 7.58. The molecular formula is C20H21F3N4O3S. The second-order valence-electron chi connectivity index (χ2n) is 8.14. The number of amides is 1. The van der Waals surface area contributed by atoms with Crippen molar-refractivity contribution in [3.8, 4) is 0 Å². The van der Waals surface area contributed by atoms with Gasteiger partial charge in [-0.25, -0.2) is 18.5 Å². The third-order valence-electron chi connectivity index (χ3n) is 5.78. The number of anilines is 2. The Morgan fingerprint density at radius 2 is 1.94 bits per heavy atom. The summed E-state index contributed by atoms with van der Waals surface area (Å²) in [4.78, 5) is 18.6. The number of rotatable bonds is 4. The molecule has 1 aromatic heterocycles. The van der Waals surface area contributed by atoms with Gasteiger partial charge in [0, 0.05) is 25.0 Å². The monoisotopic (exact) mass is 454 g/mol. The number of sulfonamides is 1. The molecule has 2 aromatic rings. The van der Waals surface area contributed by atoms with Crippen LogP contribution in [0.2, 0.25) is 0 Å². The topological polar surface area (TPSA) is 105 Å². The molecule has 3 N–H and O–H groups in total. The molecule has 1 aromatic carbocycles. The SMILES string of the molecule is NS(=O)(=O)c1cccc(NC(=O)c2cc(C(F)(F)F)cnc2N2CCCC3(CC3)C2)c1. The number of piperidine rings is 1. The Morgan fingerprint density at radius 3 is 2.58 bits per heavy atom. The van der Waals surface area contributed by atoms with Crippen LogP contribution >= 0.6 is 0 Å². The number of benzene rings is 1. The van der Waals surface area contributed by atoms with Crippen LogP contribution in [0.25, 0.3) is 0 Å². The van der Waals surface area contributed by atoms with Crippen LogP contribution in [0.5, 0.6) is 0 Å². The molecule has 2 heterocycles. The first kappa shape index (κ1) is 21.6. The molecule has 1 aliphatic carbocycles. The number of hydrogen-bond donors (Lipinski definition) is 2. The van der Waals surface area contributed by atoms with Crippen molar-refractivity contribution in [2.45, 2.75) is 36.8 Å². The number of halogens is 3. The van der Waals surface area contributed by atoms with Crippen LogP contribution in [0.15, 0.2) is 41.4 Å². The van der Waals surface area contributed by atoms with Gasteiger partial charge in [-0.3, -0.25) is 4.79 Å². The Hall–Kier alpha value is -2.66. The van der Waals surface area contributed by atoms with Gasteiger partial charge in [0.25, 0.3) is 5.91 Å². The molecule has 1 amide bonds. The fourth-order valence-electron chi connectivity index (χ4n) is 3.95. The highest BCUT2D eigenvalue weighted by molar-refractivity contribution is 7.89. The maximum Gasteiger partial charge on any atom is 0.417 e. The smallest absolute Gasteiger partial charge is 0.355 e. The van der Waals surface area contributed by atoms with Gasteiger partial charge in [-0.05, 0) is 55.4 Å². The van der Waals surface area contributed by atoms with Gasteiger partial charge in [0.05, 0.1) is 16.0 Å². The fourth-order valence-corrected chi connectivity index (χ4v) is 4.51. The van der Waals surface area contributed by atoms with Crippen molar-refractivity contribution in [3.05, 3.63) is 47.7 Å². The average Bonchev–Trinajstić information content (AvgIpc) is 3.44. The van der Waals surface area contributed by atoms with E-state index in [0.29, 0.717) is 13.1 Å². The number of nitrogens with two attached hydrogens (primary N) is 1. The van der Waals surface area contributed by atoms with E-state index in [9.17, 15) is 26.4 Å². The molecule has 166 valence electrons. The van der Waals surface area contributed by atoms with Gasteiger partial charge in [0.2, 0.25) is 10.0 Å². The van der Waals surface area contributed by atoms with Gasteiger partial charge >= 0.3 is 6.18 Å². The van der Waals surface area contributed by atoms with Crippen molar-refractivity contribution in [3.63, 3.8) is 0 Å². The van der Waals surface area contributed by atoms with Gasteiger partial charge < -0.3 is 10.2 Å². The predicted molar refractivity (Wildman–Crippen MR) is 108 cm³/mol. The fraction of sp³-hybridized carbons (Fsp3) is 0.400. The highest BCUT2D eigenvalue weighted by atomic mass is 32.2. The summed E-state index contributed by atoms with van der Waals surface area (Å²) in [6, 6.07) is 5.99. The van der Waals surface area contributed by atoms with Crippen LogP contribution in [-0.2, 0) is 16.2 Å². The van der Waals surface area contributed by atoms with Crippen LogP contribution in [0.4, 0.5) is 24.7 Å². The van der Waals surface area contributed by atoms with E-state index < -0.39 is 27.7 Å². The second kappa shape index (κ2) is 7.49. The molecule has 0 unspecified atom stereocenters. The Morgan fingerprint density at radius 1 is 1.19 bits per heavy atom. The number of hydrogen-bond acceptors (Lipinski definition) is 5. The molecule has 31 heavy (non-hydrogen) atoms. The number of alkyl halides is 3. The molecular weight excluding hydrogens is 433 g/mol. The van der Waals surface area contributed by atoms with E-state index in [0.717, 1.165) is 44.0 Å². The van der Waals surface area contributed by atoms with Gasteiger partial charge in [-0.1, -0.05) is 6.07 Å². The maximum absolute atomic E-state index is 13.3. The number of carbonyl (C=O) groups is 1. The summed E-state index contributed by atoms with van der Waals surface area (Å²) in [7, 11) is -4.00. The van der Waals surface area contributed by atoms with Gasteiger partial charge in [-0.15, -0.1) is 0 Å². The molecule has 1 saturated carbocycles. The maximum atomic E-state index is 13.3. The molecule has 11 heteroatoms. The van der Waals surface area contributed by atoms with E-state index >= 15 is 0 Å². The molecule has 0 atom stereocenters. The van der Waals surface area contributed by atoms with Crippen molar-refractivity contribution in [1.29, 1.82) is 0 Å². The normalized spacial score (nSPS) is 18.1. The van der Waals surface area contributed by atoms with Crippen LogP contribution in [-0.4, -0.2) is 32.4 Å². The zero-order chi connectivity index (χ0) is 22.4. The van der Waals surface area contributed by atoms with Crippen molar-refractivity contribution in [2.75, 3.05) is 23.3 Å². The third kappa shape index (κ3) is 4.67. The largest absolute Gasteiger partial charge is 0.417 e. The summed E-state index contributed by atoms with van der Waals surface area (Å²) in [6.07, 6.45) is 0.139. The van der Waals surface area contributed by atoms with E-state index in [1.807, 2.05) is 4.90 Å². The highest BCUT2D eigenvalue weighted by Crippen LogP contribution is 2.52. The Balaban J connectivity index is 1.68. The van der Waals surface area contributed by atoms with Crippen molar-refractivity contribution in [1.82, 2.24) is 4.98 Å². The summed E-state index contributed by atoms with van der Waals surface area (Å²) in [5.41, 5.74) is -0.983. The second-order valence-corrected chi connectivity index (χ2v) is 9.71. The molecule has 4 rings (SSSR count). The minimum Gasteiger partial charge on any atom is -0.355 e. The number of primary sulfonamides is 1. The first-order valence-electron chi connectivity index (χ1n) is 9.73. The van der Waals surface area contributed by atoms with Crippen LogP contribution in [0.1, 0.15) is 41.6 Å². The first-order valence-corrected chi connectivity index (χ1v) is 11.3. The molecule has 0 bridgehead atoms. The predicted octanol–water partition coefficient (Wildman–Crippen LogP) is 3.38. The van der Waals surface area contributed by atoms with E-state index in [4.69, 9.17) is 5.14 Å². The molecule has 1 saturated heterocycles. The number of pyridine rings is 1. The Kier molecular flexibility index (Phi) is 5.21. The number of nitrogens with one attached hydrogen (secondary N) is 1. The summed E-state index contributed by atoms with van der Waals surface area (Å²) < 4.78 is 62.9. The molecule has 2 aliphatic rings. The molecule has 1 aliphatic heterocycles. The van der Waals surface area contributed by atoms with Gasteiger partial charge in [-0.2, -0.15) is 13.2 Å². The summed E-state index contributed by atoms with van der Waals surface area (Å²) in [6.45, 7) is 1.24. The van der Waals surface area contributed by atoms with Gasteiger partial charge in [0.1, 0.15) is 5.82 Å². The van der Waals surface area contributed by atoms with Crippen LogP contribution < -0.4 is 15.4 Å². The van der Waals surface area contributed by atoms with Crippen LogP contribution in [0.3, 0.4) is 0 Å². The van der Waals surface area contributed by atoms with Crippen LogP contribution in [0, 0.1) is 5.41 Å². The average molecular weight is 454 g/mol. The third-order valence-corrected chi connectivity index (χ3v) is 6.69. The van der Waals surface area contributed by atoms with Gasteiger partial charge in [0.15, 0.2) is 0 Å². The molecule has 2 fully saturated rings. The zero-order valence-corrected chi connectivity index (χ0v) is 17.3. The number of nitrogens with zero attached hydrogens (tertiary/aromatic N) is 2. The minimum atomic E-state index is -4.66. The van der Waals surface area contributed by atoms with Crippen molar-refractivity contribution in [2.24, 2.45) is 10.6 Å². The Labute approximate surface area is 177 Å². The quantitative estimate of drug-likeness (QED) is 0.737. The van der Waals surface area contributed by atoms with E-state index in [1.165, 1.54) is 18.2 Å². The summed E-state index contributed by atoms with van der Waals surface area (Å²) in [5.74, 6) is -0.616. The van der Waals surface area contributed by atoms with E-state index in [1.54, 1.807) is 0 Å². The lowest BCUT2D eigenvalue weighted by molar-refractivity contribution is -0.137. The molecule has 7 nitrogen and oxygen atoms in total. The number of carbonyl (C=O) groups excluding carboxylic acids is 1. The standard InChI is InChI=1S/C20H21F3N4O3S/c21-20(22,23)13-9-16(17(25-11-13)27-8-2-5-19(12-27)6-7-19)18(28)26-14-3-1-4-15(10-14)31(24,29)30/h1,3-4,9-11H,2,5-8,12H2,(H,26,28)(H2,24,29,30).